The highest BCUT2D eigenvalue weighted by atomic mass is 16.5. The quantitative estimate of drug-likeness (QED) is 0.715. The van der Waals surface area contributed by atoms with E-state index in [0.29, 0.717) is 11.3 Å². The Morgan fingerprint density at radius 3 is 2.46 bits per heavy atom. The number of carbonyl (C=O) groups is 1. The van der Waals surface area contributed by atoms with E-state index in [4.69, 9.17) is 4.74 Å². The monoisotopic (exact) mass is 347 g/mol. The van der Waals surface area contributed by atoms with E-state index in [-0.39, 0.29) is 18.0 Å². The van der Waals surface area contributed by atoms with E-state index in [1.54, 1.807) is 18.5 Å². The number of hydrogen-bond donors (Lipinski definition) is 1. The van der Waals surface area contributed by atoms with Crippen molar-refractivity contribution in [1.82, 2.24) is 15.3 Å². The molecule has 0 aliphatic carbocycles. The van der Waals surface area contributed by atoms with Crippen molar-refractivity contribution in [3.05, 3.63) is 72.6 Å². The van der Waals surface area contributed by atoms with E-state index in [0.717, 1.165) is 17.5 Å². The maximum absolute atomic E-state index is 12.3. The molecule has 0 aliphatic heterocycles. The van der Waals surface area contributed by atoms with Crippen molar-refractivity contribution in [2.45, 2.75) is 26.3 Å². The third-order valence-electron chi connectivity index (χ3n) is 4.03. The minimum absolute atomic E-state index is 0.0776. The molecular formula is C21H21N3O2. The van der Waals surface area contributed by atoms with Gasteiger partial charge in [-0.3, -0.25) is 4.79 Å². The lowest BCUT2D eigenvalue weighted by atomic mass is 10.1. The molecule has 0 fully saturated rings. The zero-order valence-electron chi connectivity index (χ0n) is 14.8. The molecule has 0 aliphatic rings. The Kier molecular flexibility index (Phi) is 5.59. The molecule has 0 saturated heterocycles. The molecule has 0 saturated carbocycles. The lowest BCUT2D eigenvalue weighted by Gasteiger charge is -2.12. The third-order valence-corrected chi connectivity index (χ3v) is 4.03. The Balaban J connectivity index is 1.75. The molecule has 1 amide bonds. The first-order valence-electron chi connectivity index (χ1n) is 8.62. The molecule has 0 spiro atoms. The number of para-hydroxylation sites is 1. The second-order valence-electron chi connectivity index (χ2n) is 6.03. The average Bonchev–Trinajstić information content (AvgIpc) is 2.69. The van der Waals surface area contributed by atoms with E-state index < -0.39 is 0 Å². The Morgan fingerprint density at radius 2 is 1.77 bits per heavy atom. The second-order valence-corrected chi connectivity index (χ2v) is 6.03. The zero-order chi connectivity index (χ0) is 18.4. The van der Waals surface area contributed by atoms with Gasteiger partial charge < -0.3 is 10.1 Å². The van der Waals surface area contributed by atoms with Gasteiger partial charge in [-0.05, 0) is 43.2 Å². The van der Waals surface area contributed by atoms with Gasteiger partial charge in [0.25, 0.3) is 5.91 Å². The molecule has 132 valence electrons. The van der Waals surface area contributed by atoms with Crippen LogP contribution in [0.1, 0.15) is 30.6 Å². The molecule has 1 heterocycles. The highest BCUT2D eigenvalue weighted by molar-refractivity contribution is 5.95. The number of amides is 1. The van der Waals surface area contributed by atoms with Gasteiger partial charge in [-0.25, -0.2) is 9.97 Å². The Bertz CT molecular complexity index is 864. The first-order valence-corrected chi connectivity index (χ1v) is 8.62. The van der Waals surface area contributed by atoms with Crippen LogP contribution >= 0.6 is 0 Å². The summed E-state index contributed by atoms with van der Waals surface area (Å²) in [5, 5.41) is 2.97. The van der Waals surface area contributed by atoms with E-state index in [1.165, 1.54) is 0 Å². The van der Waals surface area contributed by atoms with Crippen LogP contribution < -0.4 is 10.1 Å². The number of ether oxygens (including phenoxy) is 1. The van der Waals surface area contributed by atoms with Crippen LogP contribution in [0, 0.1) is 0 Å². The smallest absolute Gasteiger partial charge is 0.321 e. The molecule has 1 atom stereocenters. The first-order chi connectivity index (χ1) is 12.7. The fourth-order valence-electron chi connectivity index (χ4n) is 2.36. The van der Waals surface area contributed by atoms with Crippen molar-refractivity contribution in [2.75, 3.05) is 0 Å². The largest absolute Gasteiger partial charge is 0.424 e. The van der Waals surface area contributed by atoms with Gasteiger partial charge in [-0.2, -0.15) is 0 Å². The summed E-state index contributed by atoms with van der Waals surface area (Å²) in [7, 11) is 0. The van der Waals surface area contributed by atoms with Gasteiger partial charge in [-0.1, -0.05) is 37.3 Å². The van der Waals surface area contributed by atoms with Crippen molar-refractivity contribution < 1.29 is 9.53 Å². The van der Waals surface area contributed by atoms with Crippen LogP contribution in [-0.4, -0.2) is 21.9 Å². The number of hydrogen-bond acceptors (Lipinski definition) is 4. The average molecular weight is 347 g/mol. The van der Waals surface area contributed by atoms with Crippen molar-refractivity contribution in [3.63, 3.8) is 0 Å². The van der Waals surface area contributed by atoms with Crippen LogP contribution in [0.4, 0.5) is 0 Å². The number of aromatic nitrogens is 2. The Labute approximate surface area is 153 Å². The van der Waals surface area contributed by atoms with Gasteiger partial charge in [-0.15, -0.1) is 0 Å². The molecule has 0 radical (unpaired) electrons. The van der Waals surface area contributed by atoms with E-state index >= 15 is 0 Å². The Hall–Kier alpha value is -3.21. The molecule has 3 rings (SSSR count). The molecule has 0 bridgehead atoms. The van der Waals surface area contributed by atoms with Gasteiger partial charge in [0.1, 0.15) is 5.75 Å². The predicted molar refractivity (Wildman–Crippen MR) is 101 cm³/mol. The third kappa shape index (κ3) is 4.45. The summed E-state index contributed by atoms with van der Waals surface area (Å²) in [4.78, 5) is 20.8. The normalized spacial score (nSPS) is 11.6. The topological polar surface area (TPSA) is 64.1 Å². The summed E-state index contributed by atoms with van der Waals surface area (Å²) >= 11 is 0. The SMILES string of the molecule is CC[C@@H](C)NC(=O)c1cccc(-c2cnc(Oc3ccccc3)nc2)c1. The summed E-state index contributed by atoms with van der Waals surface area (Å²) in [6.07, 6.45) is 4.27. The Morgan fingerprint density at radius 1 is 1.04 bits per heavy atom. The molecule has 5 nitrogen and oxygen atoms in total. The fraction of sp³-hybridized carbons (Fsp3) is 0.190. The van der Waals surface area contributed by atoms with Gasteiger partial charge in [0.2, 0.25) is 0 Å². The molecule has 5 heteroatoms. The van der Waals surface area contributed by atoms with Gasteiger partial charge >= 0.3 is 6.01 Å². The second kappa shape index (κ2) is 8.25. The first kappa shape index (κ1) is 17.6. The highest BCUT2D eigenvalue weighted by Crippen LogP contribution is 2.22. The fourth-order valence-corrected chi connectivity index (χ4v) is 2.36. The molecular weight excluding hydrogens is 326 g/mol. The van der Waals surface area contributed by atoms with Crippen molar-refractivity contribution in [1.29, 1.82) is 0 Å². The zero-order valence-corrected chi connectivity index (χ0v) is 14.8. The van der Waals surface area contributed by atoms with E-state index in [1.807, 2.05) is 62.4 Å². The van der Waals surface area contributed by atoms with Gasteiger partial charge in [0.15, 0.2) is 0 Å². The highest BCUT2D eigenvalue weighted by Gasteiger charge is 2.10. The molecule has 2 aromatic carbocycles. The van der Waals surface area contributed by atoms with Crippen molar-refractivity contribution >= 4 is 5.91 Å². The number of nitrogens with one attached hydrogen (secondary N) is 1. The number of benzene rings is 2. The van der Waals surface area contributed by atoms with Gasteiger partial charge in [0, 0.05) is 29.6 Å². The van der Waals surface area contributed by atoms with Crippen LogP contribution in [0.5, 0.6) is 11.8 Å². The van der Waals surface area contributed by atoms with Crippen molar-refractivity contribution in [3.8, 4) is 22.9 Å². The predicted octanol–water partition coefficient (Wildman–Crippen LogP) is 4.46. The summed E-state index contributed by atoms with van der Waals surface area (Å²) < 4.78 is 5.60. The maximum Gasteiger partial charge on any atom is 0.321 e. The maximum atomic E-state index is 12.3. The summed E-state index contributed by atoms with van der Waals surface area (Å²) in [5.74, 6) is 0.607. The summed E-state index contributed by atoms with van der Waals surface area (Å²) in [6, 6.07) is 17.2. The van der Waals surface area contributed by atoms with Crippen LogP contribution in [0.3, 0.4) is 0 Å². The van der Waals surface area contributed by atoms with Crippen molar-refractivity contribution in [2.24, 2.45) is 0 Å². The standard InChI is InChI=1S/C21H21N3O2/c1-3-15(2)24-20(25)17-9-7-8-16(12-17)18-13-22-21(23-14-18)26-19-10-5-4-6-11-19/h4-15H,3H2,1-2H3,(H,24,25)/t15-/m1/s1. The number of nitrogens with zero attached hydrogens (tertiary/aromatic N) is 2. The van der Waals surface area contributed by atoms with Crippen LogP contribution in [0.2, 0.25) is 0 Å². The molecule has 1 aromatic heterocycles. The van der Waals surface area contributed by atoms with Crippen LogP contribution in [0.15, 0.2) is 67.0 Å². The van der Waals surface area contributed by atoms with E-state index in [9.17, 15) is 4.79 Å². The van der Waals surface area contributed by atoms with Gasteiger partial charge in [0.05, 0.1) is 0 Å². The lowest BCUT2D eigenvalue weighted by molar-refractivity contribution is 0.0939. The molecule has 0 unspecified atom stereocenters. The number of carbonyl (C=O) groups excluding carboxylic acids is 1. The summed E-state index contributed by atoms with van der Waals surface area (Å²) in [5.41, 5.74) is 2.32. The summed E-state index contributed by atoms with van der Waals surface area (Å²) in [6.45, 7) is 4.03. The van der Waals surface area contributed by atoms with E-state index in [2.05, 4.69) is 15.3 Å². The molecule has 3 aromatic rings. The molecule has 1 N–H and O–H groups in total. The van der Waals surface area contributed by atoms with Crippen LogP contribution in [-0.2, 0) is 0 Å². The molecule has 26 heavy (non-hydrogen) atoms. The minimum Gasteiger partial charge on any atom is -0.424 e. The van der Waals surface area contributed by atoms with Crippen LogP contribution in [0.25, 0.3) is 11.1 Å². The minimum atomic E-state index is -0.0776. The lowest BCUT2D eigenvalue weighted by Crippen LogP contribution is -2.31. The number of rotatable bonds is 6.